The van der Waals surface area contributed by atoms with Crippen LogP contribution in [0, 0.1) is 5.82 Å². The van der Waals surface area contributed by atoms with Crippen LogP contribution in [0.15, 0.2) is 35.1 Å². The van der Waals surface area contributed by atoms with Gasteiger partial charge in [0.15, 0.2) is 0 Å². The summed E-state index contributed by atoms with van der Waals surface area (Å²) in [6.07, 6.45) is 2.56. The van der Waals surface area contributed by atoms with E-state index in [9.17, 15) is 9.18 Å². The number of rotatable bonds is 6. The average molecular weight is 412 g/mol. The van der Waals surface area contributed by atoms with Gasteiger partial charge in [0.1, 0.15) is 11.5 Å². The topological polar surface area (TPSA) is 66.0 Å². The fourth-order valence-electron chi connectivity index (χ4n) is 4.04. The van der Waals surface area contributed by atoms with E-state index in [1.807, 2.05) is 6.07 Å². The highest BCUT2D eigenvalue weighted by Crippen LogP contribution is 2.30. The Morgan fingerprint density at radius 2 is 1.87 bits per heavy atom. The number of aromatic amines is 1. The van der Waals surface area contributed by atoms with E-state index in [0.29, 0.717) is 23.4 Å². The van der Waals surface area contributed by atoms with Crippen LogP contribution in [0.1, 0.15) is 44.9 Å². The summed E-state index contributed by atoms with van der Waals surface area (Å²) in [7, 11) is 0. The molecule has 0 radical (unpaired) electrons. The lowest BCUT2D eigenvalue weighted by Crippen LogP contribution is -2.31. The Kier molecular flexibility index (Phi) is 5.75. The van der Waals surface area contributed by atoms with Gasteiger partial charge in [0, 0.05) is 36.0 Å². The molecule has 0 amide bonds. The molecule has 0 spiro atoms. The van der Waals surface area contributed by atoms with Crippen molar-refractivity contribution in [2.45, 2.75) is 45.6 Å². The van der Waals surface area contributed by atoms with Crippen molar-refractivity contribution in [2.75, 3.05) is 26.2 Å². The van der Waals surface area contributed by atoms with Gasteiger partial charge < -0.3 is 15.2 Å². The number of fused-ring (bicyclic) bond motifs is 1. The van der Waals surface area contributed by atoms with Gasteiger partial charge in [0.2, 0.25) is 0 Å². The highest BCUT2D eigenvalue weighted by molar-refractivity contribution is 5.81. The number of nitrogens with one attached hydrogen (secondary N) is 2. The lowest BCUT2D eigenvalue weighted by atomic mass is 9.90. The standard InChI is InChI=1S/C23H30FN5O/c1-23(2,3)20-19-14-16(15-25-10-13-28-11-4-5-12-28)22(30)26-21(19)29(27-20)18-8-6-17(24)7-9-18/h6-9,14,25H,4-5,10-13,15H2,1-3H3,(H,26,30). The van der Waals surface area contributed by atoms with E-state index in [1.165, 1.54) is 38.1 Å². The molecule has 0 atom stereocenters. The largest absolute Gasteiger partial charge is 0.311 e. The van der Waals surface area contributed by atoms with Gasteiger partial charge in [-0.1, -0.05) is 20.8 Å². The van der Waals surface area contributed by atoms with E-state index in [4.69, 9.17) is 5.10 Å². The molecule has 1 aliphatic rings. The highest BCUT2D eigenvalue weighted by Gasteiger charge is 2.24. The number of hydrogen-bond acceptors (Lipinski definition) is 4. The number of halogens is 1. The van der Waals surface area contributed by atoms with Crippen molar-refractivity contribution in [1.29, 1.82) is 0 Å². The van der Waals surface area contributed by atoms with Crippen LogP contribution in [-0.4, -0.2) is 45.8 Å². The molecule has 2 aromatic heterocycles. The van der Waals surface area contributed by atoms with Crippen LogP contribution in [0.25, 0.3) is 16.7 Å². The van der Waals surface area contributed by atoms with Crippen molar-refractivity contribution < 1.29 is 4.39 Å². The van der Waals surface area contributed by atoms with Crippen LogP contribution < -0.4 is 10.9 Å². The molecule has 3 aromatic rings. The van der Waals surface area contributed by atoms with Gasteiger partial charge in [-0.15, -0.1) is 0 Å². The number of pyridine rings is 1. The van der Waals surface area contributed by atoms with E-state index in [2.05, 4.69) is 36.0 Å². The third-order valence-corrected chi connectivity index (χ3v) is 5.66. The molecule has 3 heterocycles. The fraction of sp³-hybridized carbons (Fsp3) is 0.478. The van der Waals surface area contributed by atoms with E-state index >= 15 is 0 Å². The molecular formula is C23H30FN5O. The summed E-state index contributed by atoms with van der Waals surface area (Å²) >= 11 is 0. The van der Waals surface area contributed by atoms with E-state index in [0.717, 1.165) is 24.2 Å². The van der Waals surface area contributed by atoms with Crippen LogP contribution in [0.3, 0.4) is 0 Å². The second-order valence-electron chi connectivity index (χ2n) is 9.10. The van der Waals surface area contributed by atoms with Crippen molar-refractivity contribution in [2.24, 2.45) is 0 Å². The smallest absolute Gasteiger partial charge is 0.254 e. The Hall–Kier alpha value is -2.51. The Bertz CT molecular complexity index is 1070. The summed E-state index contributed by atoms with van der Waals surface area (Å²) in [5.41, 5.74) is 2.62. The Morgan fingerprint density at radius 3 is 2.53 bits per heavy atom. The van der Waals surface area contributed by atoms with Gasteiger partial charge >= 0.3 is 0 Å². The molecule has 1 aliphatic heterocycles. The number of aromatic nitrogens is 3. The predicted octanol–water partition coefficient (Wildman–Crippen LogP) is 3.34. The first-order valence-corrected chi connectivity index (χ1v) is 10.7. The number of likely N-dealkylation sites (tertiary alicyclic amines) is 1. The third kappa shape index (κ3) is 4.32. The molecule has 30 heavy (non-hydrogen) atoms. The molecule has 6 nitrogen and oxygen atoms in total. The van der Waals surface area contributed by atoms with Crippen molar-refractivity contribution >= 4 is 11.0 Å². The lowest BCUT2D eigenvalue weighted by molar-refractivity contribution is 0.335. The summed E-state index contributed by atoms with van der Waals surface area (Å²) in [6, 6.07) is 8.08. The summed E-state index contributed by atoms with van der Waals surface area (Å²) < 4.78 is 15.1. The van der Waals surface area contributed by atoms with Gasteiger partial charge in [0.05, 0.1) is 11.4 Å². The third-order valence-electron chi connectivity index (χ3n) is 5.66. The van der Waals surface area contributed by atoms with Crippen LogP contribution in [0.4, 0.5) is 4.39 Å². The molecular weight excluding hydrogens is 381 g/mol. The monoisotopic (exact) mass is 411 g/mol. The zero-order chi connectivity index (χ0) is 21.3. The predicted molar refractivity (Wildman–Crippen MR) is 118 cm³/mol. The molecule has 0 unspecified atom stereocenters. The molecule has 2 N–H and O–H groups in total. The average Bonchev–Trinajstić information content (AvgIpc) is 3.33. The normalized spacial score (nSPS) is 15.3. The number of H-pyrrole nitrogens is 1. The first kappa shape index (κ1) is 20.8. The minimum Gasteiger partial charge on any atom is -0.311 e. The molecule has 160 valence electrons. The van der Waals surface area contributed by atoms with Crippen molar-refractivity contribution in [3.05, 3.63) is 57.8 Å². The molecule has 0 bridgehead atoms. The quantitative estimate of drug-likeness (QED) is 0.611. The summed E-state index contributed by atoms with van der Waals surface area (Å²) in [6.45, 7) is 11.0. The second kappa shape index (κ2) is 8.32. The Morgan fingerprint density at radius 1 is 1.17 bits per heavy atom. The molecule has 1 aromatic carbocycles. The number of benzene rings is 1. The minimum absolute atomic E-state index is 0.125. The van der Waals surface area contributed by atoms with Crippen LogP contribution in [-0.2, 0) is 12.0 Å². The molecule has 1 fully saturated rings. The molecule has 0 aliphatic carbocycles. The minimum atomic E-state index is -0.304. The first-order chi connectivity index (χ1) is 14.3. The second-order valence-corrected chi connectivity index (χ2v) is 9.10. The van der Waals surface area contributed by atoms with Crippen LogP contribution >= 0.6 is 0 Å². The zero-order valence-electron chi connectivity index (χ0n) is 18.0. The SMILES string of the molecule is CC(C)(C)c1nn(-c2ccc(F)cc2)c2[nH]c(=O)c(CNCCN3CCCC3)cc12. The molecule has 7 heteroatoms. The van der Waals surface area contributed by atoms with Gasteiger partial charge in [-0.05, 0) is 56.3 Å². The van der Waals surface area contributed by atoms with Crippen LogP contribution in [0.5, 0.6) is 0 Å². The molecule has 1 saturated heterocycles. The Labute approximate surface area is 176 Å². The molecule has 4 rings (SSSR count). The van der Waals surface area contributed by atoms with Gasteiger partial charge in [-0.25, -0.2) is 9.07 Å². The van der Waals surface area contributed by atoms with Gasteiger partial charge in [0.25, 0.3) is 5.56 Å². The maximum Gasteiger partial charge on any atom is 0.254 e. The summed E-state index contributed by atoms with van der Waals surface area (Å²) in [5, 5.41) is 9.11. The Balaban J connectivity index is 1.64. The highest BCUT2D eigenvalue weighted by atomic mass is 19.1. The molecule has 0 saturated carbocycles. The lowest BCUT2D eigenvalue weighted by Gasteiger charge is -2.16. The maximum absolute atomic E-state index is 13.4. The fourth-order valence-corrected chi connectivity index (χ4v) is 4.04. The number of hydrogen-bond donors (Lipinski definition) is 2. The van der Waals surface area contributed by atoms with Crippen molar-refractivity contribution in [3.63, 3.8) is 0 Å². The van der Waals surface area contributed by atoms with E-state index in [1.54, 1.807) is 16.8 Å². The van der Waals surface area contributed by atoms with Crippen LogP contribution in [0.2, 0.25) is 0 Å². The van der Waals surface area contributed by atoms with E-state index < -0.39 is 0 Å². The van der Waals surface area contributed by atoms with E-state index in [-0.39, 0.29) is 16.8 Å². The first-order valence-electron chi connectivity index (χ1n) is 10.7. The zero-order valence-corrected chi connectivity index (χ0v) is 18.0. The summed E-state index contributed by atoms with van der Waals surface area (Å²) in [5.74, 6) is -0.304. The maximum atomic E-state index is 13.4. The van der Waals surface area contributed by atoms with Crippen molar-refractivity contribution in [1.82, 2.24) is 25.0 Å². The van der Waals surface area contributed by atoms with Gasteiger partial charge in [-0.3, -0.25) is 4.79 Å². The summed E-state index contributed by atoms with van der Waals surface area (Å²) in [4.78, 5) is 18.2. The number of nitrogens with zero attached hydrogens (tertiary/aromatic N) is 3. The van der Waals surface area contributed by atoms with Gasteiger partial charge in [-0.2, -0.15) is 5.10 Å². The van der Waals surface area contributed by atoms with Crippen molar-refractivity contribution in [3.8, 4) is 5.69 Å².